The highest BCUT2D eigenvalue weighted by molar-refractivity contribution is 7.45. The zero-order chi connectivity index (χ0) is 25.5. The summed E-state index contributed by atoms with van der Waals surface area (Å²) in [4.78, 5) is 12.1. The van der Waals surface area contributed by atoms with Gasteiger partial charge in [0.15, 0.2) is 0 Å². The molecule has 2 atom stereocenters. The van der Waals surface area contributed by atoms with Crippen LogP contribution in [0.5, 0.6) is 0 Å². The summed E-state index contributed by atoms with van der Waals surface area (Å²) in [5, 5.41) is 0. The Hall–Kier alpha value is -0.0100. The first-order valence-electron chi connectivity index (χ1n) is 13.8. The molecule has 1 unspecified atom stereocenters. The molecule has 0 bridgehead atoms. The number of quaternary nitrogens is 1. The summed E-state index contributed by atoms with van der Waals surface area (Å²) >= 11 is 0. The Balaban J connectivity index is 4.24. The first-order valence-corrected chi connectivity index (χ1v) is 15.3. The summed E-state index contributed by atoms with van der Waals surface area (Å²) in [6.45, 7) is 6.66. The van der Waals surface area contributed by atoms with Crippen molar-refractivity contribution in [1.82, 2.24) is 0 Å². The van der Waals surface area contributed by atoms with Gasteiger partial charge in [0.1, 0.15) is 19.3 Å². The zero-order valence-electron chi connectivity index (χ0n) is 23.1. The van der Waals surface area contributed by atoms with Gasteiger partial charge in [0, 0.05) is 13.2 Å². The van der Waals surface area contributed by atoms with Gasteiger partial charge in [0.05, 0.1) is 34.4 Å². The number of rotatable bonds is 26. The molecule has 0 N–H and O–H groups in total. The van der Waals surface area contributed by atoms with Crippen molar-refractivity contribution in [3.8, 4) is 0 Å². The molecule has 0 aromatic heterocycles. The molecule has 0 saturated heterocycles. The number of hydrogen-bond donors (Lipinski definition) is 0. The van der Waals surface area contributed by atoms with E-state index in [-0.39, 0.29) is 13.2 Å². The summed E-state index contributed by atoms with van der Waals surface area (Å²) in [5.41, 5.74) is 0. The molecule has 0 aliphatic heterocycles. The lowest BCUT2D eigenvalue weighted by molar-refractivity contribution is -0.870. The molecule has 34 heavy (non-hydrogen) atoms. The van der Waals surface area contributed by atoms with Crippen molar-refractivity contribution >= 4 is 7.82 Å². The van der Waals surface area contributed by atoms with Gasteiger partial charge in [0.25, 0.3) is 7.82 Å². The van der Waals surface area contributed by atoms with E-state index in [4.69, 9.17) is 18.5 Å². The third-order valence-corrected chi connectivity index (χ3v) is 6.69. The van der Waals surface area contributed by atoms with Crippen molar-refractivity contribution in [3.63, 3.8) is 0 Å². The van der Waals surface area contributed by atoms with Crippen molar-refractivity contribution in [2.24, 2.45) is 0 Å². The first kappa shape index (κ1) is 34.0. The highest BCUT2D eigenvalue weighted by Crippen LogP contribution is 2.38. The Morgan fingerprint density at radius 3 is 1.71 bits per heavy atom. The molecule has 7 nitrogen and oxygen atoms in total. The second kappa shape index (κ2) is 22.2. The summed E-state index contributed by atoms with van der Waals surface area (Å²) in [6, 6.07) is 0. The molecule has 0 aromatic rings. The number of nitrogens with zero attached hydrogens (tertiary/aromatic N) is 1. The molecule has 0 radical (unpaired) electrons. The minimum atomic E-state index is -4.35. The van der Waals surface area contributed by atoms with Gasteiger partial charge in [-0.1, -0.05) is 90.9 Å². The van der Waals surface area contributed by atoms with E-state index in [1.165, 1.54) is 70.6 Å². The van der Waals surface area contributed by atoms with Gasteiger partial charge in [-0.3, -0.25) is 4.57 Å². The molecule has 0 aliphatic carbocycles. The lowest BCUT2D eigenvalue weighted by Gasteiger charge is -2.28. The fraction of sp³-hybridized carbons (Fsp3) is 1.00. The Morgan fingerprint density at radius 1 is 0.676 bits per heavy atom. The fourth-order valence-corrected chi connectivity index (χ4v) is 4.20. The largest absolute Gasteiger partial charge is 0.756 e. The second-order valence-electron chi connectivity index (χ2n) is 10.4. The van der Waals surface area contributed by atoms with Crippen LogP contribution in [0.15, 0.2) is 0 Å². The van der Waals surface area contributed by atoms with Crippen LogP contribution in [0.1, 0.15) is 104 Å². The predicted octanol–water partition coefficient (Wildman–Crippen LogP) is 6.10. The highest BCUT2D eigenvalue weighted by atomic mass is 31.2. The van der Waals surface area contributed by atoms with Crippen molar-refractivity contribution in [2.75, 3.05) is 60.7 Å². The zero-order valence-corrected chi connectivity index (χ0v) is 24.0. The Bertz CT molecular complexity index is 486. The van der Waals surface area contributed by atoms with Crippen LogP contribution < -0.4 is 4.89 Å². The van der Waals surface area contributed by atoms with E-state index in [0.717, 1.165) is 19.3 Å². The van der Waals surface area contributed by atoms with Crippen molar-refractivity contribution in [3.05, 3.63) is 0 Å². The number of hydrogen-bond acceptors (Lipinski definition) is 6. The lowest BCUT2D eigenvalue weighted by Crippen LogP contribution is -2.37. The molecule has 0 rings (SSSR count). The Morgan fingerprint density at radius 2 is 1.18 bits per heavy atom. The number of phosphoric acid groups is 1. The van der Waals surface area contributed by atoms with Crippen LogP contribution in [0.25, 0.3) is 0 Å². The molecule has 0 saturated carbocycles. The molecule has 0 aliphatic rings. The fourth-order valence-electron chi connectivity index (χ4n) is 3.47. The Kier molecular flexibility index (Phi) is 22.2. The molecule has 0 spiro atoms. The van der Waals surface area contributed by atoms with Gasteiger partial charge in [0.2, 0.25) is 0 Å². The molecular weight excluding hydrogens is 453 g/mol. The van der Waals surface area contributed by atoms with Gasteiger partial charge in [-0.25, -0.2) is 0 Å². The molecule has 0 fully saturated rings. The van der Waals surface area contributed by atoms with E-state index < -0.39 is 13.9 Å². The van der Waals surface area contributed by atoms with E-state index in [9.17, 15) is 9.46 Å². The van der Waals surface area contributed by atoms with Gasteiger partial charge < -0.3 is 27.9 Å². The molecule has 8 heteroatoms. The molecule has 0 amide bonds. The van der Waals surface area contributed by atoms with Gasteiger partial charge >= 0.3 is 0 Å². The minimum absolute atomic E-state index is 0.0708. The van der Waals surface area contributed by atoms with E-state index in [2.05, 4.69) is 13.8 Å². The number of likely N-dealkylation sites (N-methyl/N-ethyl adjacent to an activating group) is 1. The third kappa shape index (κ3) is 25.1. The predicted molar refractivity (Wildman–Crippen MR) is 139 cm³/mol. The first-order chi connectivity index (χ1) is 16.2. The van der Waals surface area contributed by atoms with Crippen LogP contribution >= 0.6 is 7.82 Å². The topological polar surface area (TPSA) is 77.1 Å². The lowest BCUT2D eigenvalue weighted by atomic mass is 10.1. The van der Waals surface area contributed by atoms with E-state index in [0.29, 0.717) is 30.8 Å². The smallest absolute Gasteiger partial charge is 0.268 e. The SMILES string of the molecule is CCCCCCCCCOC[C@H](COP(=O)([O-])OCC[N+](C)(C)C)OCCCCCCCCC. The van der Waals surface area contributed by atoms with Gasteiger partial charge in [-0.05, 0) is 12.8 Å². The summed E-state index contributed by atoms with van der Waals surface area (Å²) in [5.74, 6) is 0. The van der Waals surface area contributed by atoms with Crippen LogP contribution in [0.2, 0.25) is 0 Å². The molecule has 206 valence electrons. The number of unbranched alkanes of at least 4 members (excludes halogenated alkanes) is 12. The van der Waals surface area contributed by atoms with Crippen LogP contribution in [-0.2, 0) is 23.1 Å². The number of ether oxygens (including phenoxy) is 2. The summed E-state index contributed by atoms with van der Waals surface area (Å²) in [7, 11) is 1.59. The van der Waals surface area contributed by atoms with Crippen LogP contribution in [0, 0.1) is 0 Å². The normalized spacial score (nSPS) is 14.9. The quantitative estimate of drug-likeness (QED) is 0.0797. The van der Waals surface area contributed by atoms with Crippen LogP contribution in [0.3, 0.4) is 0 Å². The average molecular weight is 510 g/mol. The molecule has 0 heterocycles. The van der Waals surface area contributed by atoms with E-state index >= 15 is 0 Å². The average Bonchev–Trinajstić information content (AvgIpc) is 2.76. The van der Waals surface area contributed by atoms with E-state index in [1.54, 1.807) is 0 Å². The van der Waals surface area contributed by atoms with Crippen LogP contribution in [0.4, 0.5) is 0 Å². The maximum Gasteiger partial charge on any atom is 0.268 e. The van der Waals surface area contributed by atoms with Crippen molar-refractivity contribution < 1.29 is 32.5 Å². The maximum absolute atomic E-state index is 12.1. The molecular formula is C26H56NO6P. The van der Waals surface area contributed by atoms with Crippen molar-refractivity contribution in [1.29, 1.82) is 0 Å². The number of phosphoric ester groups is 1. The highest BCUT2D eigenvalue weighted by Gasteiger charge is 2.17. The van der Waals surface area contributed by atoms with Gasteiger partial charge in [-0.2, -0.15) is 0 Å². The second-order valence-corrected chi connectivity index (χ2v) is 11.8. The maximum atomic E-state index is 12.1. The molecule has 0 aromatic carbocycles. The monoisotopic (exact) mass is 509 g/mol. The summed E-state index contributed by atoms with van der Waals surface area (Å²) < 4.78 is 34.6. The Labute approximate surface area is 211 Å². The van der Waals surface area contributed by atoms with Crippen LogP contribution in [-0.4, -0.2) is 71.3 Å². The standard InChI is InChI=1S/C26H56NO6P/c1-6-8-10-12-14-16-18-21-30-24-26(31-22-19-17-15-13-11-9-7-2)25-33-34(28,29)32-23-20-27(3,4)5/h26H,6-25H2,1-5H3/t26-/m1/s1. The third-order valence-electron chi connectivity index (χ3n) is 5.73. The minimum Gasteiger partial charge on any atom is -0.756 e. The summed E-state index contributed by atoms with van der Waals surface area (Å²) in [6.07, 6.45) is 16.7. The van der Waals surface area contributed by atoms with E-state index in [1.807, 2.05) is 21.1 Å². The van der Waals surface area contributed by atoms with Gasteiger partial charge in [-0.15, -0.1) is 0 Å². The van der Waals surface area contributed by atoms with Crippen molar-refractivity contribution in [2.45, 2.75) is 110 Å².